The van der Waals surface area contributed by atoms with Crippen molar-refractivity contribution in [3.8, 4) is 6.07 Å². The van der Waals surface area contributed by atoms with Crippen molar-refractivity contribution < 1.29 is 0 Å². The molecule has 0 saturated heterocycles. The number of nitrogens with zero attached hydrogens (tertiary/aromatic N) is 1. The Morgan fingerprint density at radius 3 is 2.38 bits per heavy atom. The van der Waals surface area contributed by atoms with Crippen LogP contribution in [0, 0.1) is 11.3 Å². The number of hydrogen-bond acceptors (Lipinski definition) is 3. The van der Waals surface area contributed by atoms with Crippen LogP contribution in [0.5, 0.6) is 0 Å². The molecular weight excluding hydrogens is 216 g/mol. The molecule has 0 radical (unpaired) electrons. The van der Waals surface area contributed by atoms with Gasteiger partial charge in [0.2, 0.25) is 0 Å². The fourth-order valence-corrected chi connectivity index (χ4v) is 2.77. The minimum Gasteiger partial charge on any atom is -0.300 e. The van der Waals surface area contributed by atoms with Crippen molar-refractivity contribution >= 4 is 11.8 Å². The Morgan fingerprint density at radius 2 is 1.88 bits per heavy atom. The van der Waals surface area contributed by atoms with Crippen LogP contribution in [0.1, 0.15) is 52.9 Å². The predicted octanol–water partition coefficient (Wildman–Crippen LogP) is 3.58. The van der Waals surface area contributed by atoms with Crippen LogP contribution in [0.25, 0.3) is 0 Å². The Hall–Kier alpha value is -0.200. The van der Waals surface area contributed by atoms with Crippen molar-refractivity contribution in [1.29, 1.82) is 5.26 Å². The monoisotopic (exact) mass is 242 g/mol. The van der Waals surface area contributed by atoms with Crippen LogP contribution in [0.2, 0.25) is 0 Å². The lowest BCUT2D eigenvalue weighted by Crippen LogP contribution is -2.43. The maximum absolute atomic E-state index is 9.23. The van der Waals surface area contributed by atoms with E-state index in [4.69, 9.17) is 0 Å². The second kappa shape index (κ2) is 9.99. The molecule has 0 aliphatic carbocycles. The van der Waals surface area contributed by atoms with Gasteiger partial charge in [-0.3, -0.25) is 5.32 Å². The molecule has 0 aromatic carbocycles. The number of unbranched alkanes of at least 4 members (excludes halogenated alkanes) is 1. The van der Waals surface area contributed by atoms with Crippen molar-refractivity contribution in [3.05, 3.63) is 0 Å². The fourth-order valence-electron chi connectivity index (χ4n) is 1.73. The number of hydrogen-bond donors (Lipinski definition) is 1. The number of nitrogens with one attached hydrogen (secondary N) is 1. The average molecular weight is 242 g/mol. The molecular formula is C13H26N2S. The van der Waals surface area contributed by atoms with Crippen LogP contribution < -0.4 is 5.32 Å². The minimum atomic E-state index is -0.278. The Morgan fingerprint density at radius 1 is 1.19 bits per heavy atom. The smallest absolute Gasteiger partial charge is 0.106 e. The van der Waals surface area contributed by atoms with Gasteiger partial charge in [0, 0.05) is 0 Å². The highest BCUT2D eigenvalue weighted by Crippen LogP contribution is 2.18. The first-order valence-corrected chi connectivity index (χ1v) is 7.64. The first kappa shape index (κ1) is 15.8. The van der Waals surface area contributed by atoms with Crippen molar-refractivity contribution in [2.24, 2.45) is 0 Å². The van der Waals surface area contributed by atoms with E-state index in [9.17, 15) is 5.26 Å². The van der Waals surface area contributed by atoms with Gasteiger partial charge in [0.1, 0.15) is 5.54 Å². The van der Waals surface area contributed by atoms with Crippen LogP contribution in [0.3, 0.4) is 0 Å². The molecule has 0 aromatic heterocycles. The second-order valence-corrected chi connectivity index (χ2v) is 5.37. The van der Waals surface area contributed by atoms with Crippen molar-refractivity contribution in [1.82, 2.24) is 5.32 Å². The van der Waals surface area contributed by atoms with E-state index in [-0.39, 0.29) is 5.54 Å². The molecule has 0 rings (SSSR count). The first-order valence-electron chi connectivity index (χ1n) is 6.48. The molecule has 0 amide bonds. The van der Waals surface area contributed by atoms with E-state index in [1.807, 2.05) is 11.8 Å². The minimum absolute atomic E-state index is 0.278. The van der Waals surface area contributed by atoms with Gasteiger partial charge >= 0.3 is 0 Å². The second-order valence-electron chi connectivity index (χ2n) is 4.15. The SMILES string of the molecule is CCCCSCCCC(C#N)(CC)NCC. The van der Waals surface area contributed by atoms with Crippen molar-refractivity contribution in [2.75, 3.05) is 18.1 Å². The van der Waals surface area contributed by atoms with Crippen LogP contribution >= 0.6 is 11.8 Å². The van der Waals surface area contributed by atoms with Crippen LogP contribution in [-0.2, 0) is 0 Å². The van der Waals surface area contributed by atoms with Gasteiger partial charge in [0.05, 0.1) is 6.07 Å². The van der Waals surface area contributed by atoms with Gasteiger partial charge in [-0.1, -0.05) is 27.2 Å². The van der Waals surface area contributed by atoms with Gasteiger partial charge in [-0.05, 0) is 43.7 Å². The molecule has 0 heterocycles. The van der Waals surface area contributed by atoms with Crippen molar-refractivity contribution in [2.45, 2.75) is 58.4 Å². The highest BCUT2D eigenvalue weighted by Gasteiger charge is 2.25. The van der Waals surface area contributed by atoms with E-state index < -0.39 is 0 Å². The zero-order valence-corrected chi connectivity index (χ0v) is 11.8. The van der Waals surface area contributed by atoms with E-state index in [2.05, 4.69) is 32.2 Å². The zero-order valence-electron chi connectivity index (χ0n) is 11.0. The number of thioether (sulfide) groups is 1. The van der Waals surface area contributed by atoms with E-state index in [0.29, 0.717) is 0 Å². The topological polar surface area (TPSA) is 35.8 Å². The molecule has 1 atom stereocenters. The molecule has 2 nitrogen and oxygen atoms in total. The molecule has 16 heavy (non-hydrogen) atoms. The van der Waals surface area contributed by atoms with Gasteiger partial charge in [0.15, 0.2) is 0 Å². The quantitative estimate of drug-likeness (QED) is 0.595. The maximum Gasteiger partial charge on any atom is 0.106 e. The molecule has 0 aliphatic rings. The standard InChI is InChI=1S/C13H26N2S/c1-4-7-10-16-11-8-9-13(5-2,12-14)15-6-3/h15H,4-11H2,1-3H3. The average Bonchev–Trinajstić information content (AvgIpc) is 2.32. The first-order chi connectivity index (χ1) is 7.74. The third-order valence-corrected chi connectivity index (χ3v) is 4.02. The fraction of sp³-hybridized carbons (Fsp3) is 0.923. The lowest BCUT2D eigenvalue weighted by Gasteiger charge is -2.25. The van der Waals surface area contributed by atoms with E-state index in [0.717, 1.165) is 25.8 Å². The van der Waals surface area contributed by atoms with E-state index in [1.54, 1.807) is 0 Å². The molecule has 0 spiro atoms. The third kappa shape index (κ3) is 6.40. The zero-order chi connectivity index (χ0) is 12.3. The van der Waals surface area contributed by atoms with Crippen LogP contribution in [0.15, 0.2) is 0 Å². The van der Waals surface area contributed by atoms with E-state index in [1.165, 1.54) is 24.3 Å². The molecule has 0 bridgehead atoms. The summed E-state index contributed by atoms with van der Waals surface area (Å²) in [5, 5.41) is 12.6. The van der Waals surface area contributed by atoms with Crippen molar-refractivity contribution in [3.63, 3.8) is 0 Å². The van der Waals surface area contributed by atoms with Crippen LogP contribution in [-0.4, -0.2) is 23.6 Å². The Balaban J connectivity index is 3.73. The molecule has 1 N–H and O–H groups in total. The Bertz CT molecular complexity index is 201. The summed E-state index contributed by atoms with van der Waals surface area (Å²) in [6, 6.07) is 2.45. The lowest BCUT2D eigenvalue weighted by atomic mass is 9.92. The summed E-state index contributed by atoms with van der Waals surface area (Å²) in [6.07, 6.45) is 5.61. The molecule has 1 unspecified atom stereocenters. The molecule has 3 heteroatoms. The van der Waals surface area contributed by atoms with Gasteiger partial charge in [-0.25, -0.2) is 0 Å². The molecule has 0 fully saturated rings. The molecule has 0 aromatic rings. The number of nitriles is 1. The largest absolute Gasteiger partial charge is 0.300 e. The predicted molar refractivity (Wildman–Crippen MR) is 73.8 cm³/mol. The lowest BCUT2D eigenvalue weighted by molar-refractivity contribution is 0.379. The molecule has 0 aliphatic heterocycles. The summed E-state index contributed by atoms with van der Waals surface area (Å²) in [6.45, 7) is 7.27. The molecule has 0 saturated carbocycles. The highest BCUT2D eigenvalue weighted by atomic mass is 32.2. The summed E-state index contributed by atoms with van der Waals surface area (Å²) >= 11 is 2.02. The van der Waals surface area contributed by atoms with Crippen LogP contribution in [0.4, 0.5) is 0 Å². The van der Waals surface area contributed by atoms with Gasteiger partial charge < -0.3 is 0 Å². The van der Waals surface area contributed by atoms with E-state index >= 15 is 0 Å². The normalized spacial score (nSPS) is 14.4. The summed E-state index contributed by atoms with van der Waals surface area (Å²) < 4.78 is 0. The Kier molecular flexibility index (Phi) is 9.86. The summed E-state index contributed by atoms with van der Waals surface area (Å²) in [5.74, 6) is 2.46. The Labute approximate surface area is 105 Å². The molecule has 94 valence electrons. The third-order valence-electron chi connectivity index (χ3n) is 2.87. The summed E-state index contributed by atoms with van der Waals surface area (Å²) in [4.78, 5) is 0. The summed E-state index contributed by atoms with van der Waals surface area (Å²) in [5.41, 5.74) is -0.278. The van der Waals surface area contributed by atoms with Gasteiger partial charge in [0.25, 0.3) is 0 Å². The maximum atomic E-state index is 9.23. The van der Waals surface area contributed by atoms with Gasteiger partial charge in [-0.2, -0.15) is 17.0 Å². The highest BCUT2D eigenvalue weighted by molar-refractivity contribution is 7.99. The number of rotatable bonds is 10. The van der Waals surface area contributed by atoms with Gasteiger partial charge in [-0.15, -0.1) is 0 Å². The summed E-state index contributed by atoms with van der Waals surface area (Å²) in [7, 11) is 0.